The molecule has 0 aromatic heterocycles. The van der Waals surface area contributed by atoms with Gasteiger partial charge in [0, 0.05) is 6.04 Å². The van der Waals surface area contributed by atoms with Gasteiger partial charge in [-0.2, -0.15) is 0 Å². The molecule has 0 saturated carbocycles. The summed E-state index contributed by atoms with van der Waals surface area (Å²) in [7, 11) is 0. The summed E-state index contributed by atoms with van der Waals surface area (Å²) in [5.41, 5.74) is 7.33. The third-order valence-corrected chi connectivity index (χ3v) is 2.64. The standard InChI is InChI=1S/C12H19NO2/c1-3-8-6-11(14)7-9(12(8)15)5-10(13)4-2/h6-7,10,14-15H,3-5,13H2,1-2H3. The maximum absolute atomic E-state index is 9.89. The molecule has 4 N–H and O–H groups in total. The number of nitrogens with two attached hydrogens (primary N) is 1. The van der Waals surface area contributed by atoms with Crippen molar-refractivity contribution >= 4 is 0 Å². The highest BCUT2D eigenvalue weighted by Crippen LogP contribution is 2.29. The minimum absolute atomic E-state index is 0.0300. The number of rotatable bonds is 4. The summed E-state index contributed by atoms with van der Waals surface area (Å²) in [5.74, 6) is 0.474. The van der Waals surface area contributed by atoms with Crippen LogP contribution >= 0.6 is 0 Å². The molecule has 1 aromatic carbocycles. The summed E-state index contributed by atoms with van der Waals surface area (Å²) in [6.45, 7) is 3.95. The van der Waals surface area contributed by atoms with Gasteiger partial charge in [-0.3, -0.25) is 0 Å². The number of hydrogen-bond acceptors (Lipinski definition) is 3. The van der Waals surface area contributed by atoms with Crippen LogP contribution in [0.15, 0.2) is 12.1 Å². The van der Waals surface area contributed by atoms with E-state index in [-0.39, 0.29) is 17.5 Å². The van der Waals surface area contributed by atoms with Crippen LogP contribution in [0.4, 0.5) is 0 Å². The van der Waals surface area contributed by atoms with Gasteiger partial charge in [-0.05, 0) is 42.5 Å². The normalized spacial score (nSPS) is 12.7. The zero-order chi connectivity index (χ0) is 11.4. The van der Waals surface area contributed by atoms with E-state index in [1.165, 1.54) is 0 Å². The maximum atomic E-state index is 9.89. The molecule has 3 heteroatoms. The fourth-order valence-electron chi connectivity index (χ4n) is 1.59. The fraction of sp³-hybridized carbons (Fsp3) is 0.500. The number of benzene rings is 1. The summed E-state index contributed by atoms with van der Waals surface area (Å²) < 4.78 is 0. The van der Waals surface area contributed by atoms with Crippen molar-refractivity contribution in [2.24, 2.45) is 5.73 Å². The molecule has 1 aromatic rings. The first-order valence-electron chi connectivity index (χ1n) is 5.37. The average Bonchev–Trinajstić information content (AvgIpc) is 2.22. The van der Waals surface area contributed by atoms with Crippen LogP contribution in [-0.2, 0) is 12.8 Å². The molecule has 0 aliphatic rings. The van der Waals surface area contributed by atoms with Crippen molar-refractivity contribution in [1.29, 1.82) is 0 Å². The molecule has 1 unspecified atom stereocenters. The van der Waals surface area contributed by atoms with Gasteiger partial charge in [0.25, 0.3) is 0 Å². The lowest BCUT2D eigenvalue weighted by molar-refractivity contribution is 0.445. The van der Waals surface area contributed by atoms with E-state index < -0.39 is 0 Å². The molecule has 0 spiro atoms. The highest BCUT2D eigenvalue weighted by molar-refractivity contribution is 5.46. The van der Waals surface area contributed by atoms with Crippen molar-refractivity contribution in [2.45, 2.75) is 39.2 Å². The summed E-state index contributed by atoms with van der Waals surface area (Å²) in [6, 6.07) is 3.21. The lowest BCUT2D eigenvalue weighted by Gasteiger charge is -2.13. The summed E-state index contributed by atoms with van der Waals surface area (Å²) in [5, 5.41) is 19.4. The van der Waals surface area contributed by atoms with E-state index in [1.807, 2.05) is 13.8 Å². The van der Waals surface area contributed by atoms with Crippen molar-refractivity contribution in [3.8, 4) is 11.5 Å². The minimum Gasteiger partial charge on any atom is -0.508 e. The number of phenolic OH excluding ortho intramolecular Hbond substituents is 2. The molecule has 15 heavy (non-hydrogen) atoms. The molecule has 1 rings (SSSR count). The van der Waals surface area contributed by atoms with Gasteiger partial charge in [-0.1, -0.05) is 13.8 Å². The van der Waals surface area contributed by atoms with Crippen LogP contribution in [0.1, 0.15) is 31.4 Å². The monoisotopic (exact) mass is 209 g/mol. The first-order chi connectivity index (χ1) is 7.08. The Kier molecular flexibility index (Phi) is 3.97. The molecular weight excluding hydrogens is 190 g/mol. The van der Waals surface area contributed by atoms with E-state index >= 15 is 0 Å². The van der Waals surface area contributed by atoms with E-state index in [9.17, 15) is 10.2 Å². The van der Waals surface area contributed by atoms with Crippen LogP contribution in [-0.4, -0.2) is 16.3 Å². The quantitative estimate of drug-likeness (QED) is 0.664. The Morgan fingerprint density at radius 2 is 1.80 bits per heavy atom. The van der Waals surface area contributed by atoms with Crippen molar-refractivity contribution < 1.29 is 10.2 Å². The second-order valence-corrected chi connectivity index (χ2v) is 3.84. The Balaban J connectivity index is 3.01. The molecule has 0 bridgehead atoms. The van der Waals surface area contributed by atoms with Gasteiger partial charge in [-0.25, -0.2) is 0 Å². The van der Waals surface area contributed by atoms with Gasteiger partial charge in [-0.15, -0.1) is 0 Å². The van der Waals surface area contributed by atoms with Crippen LogP contribution in [0.5, 0.6) is 11.5 Å². The van der Waals surface area contributed by atoms with E-state index in [0.29, 0.717) is 12.8 Å². The van der Waals surface area contributed by atoms with Crippen LogP contribution in [0.2, 0.25) is 0 Å². The lowest BCUT2D eigenvalue weighted by Crippen LogP contribution is -2.21. The Hall–Kier alpha value is -1.22. The topological polar surface area (TPSA) is 66.5 Å². The highest BCUT2D eigenvalue weighted by Gasteiger charge is 2.11. The first kappa shape index (κ1) is 11.9. The number of aromatic hydroxyl groups is 2. The third kappa shape index (κ3) is 2.86. The van der Waals surface area contributed by atoms with Crippen LogP contribution in [0.25, 0.3) is 0 Å². The number of hydrogen-bond donors (Lipinski definition) is 3. The van der Waals surface area contributed by atoms with Crippen molar-refractivity contribution in [3.05, 3.63) is 23.3 Å². The third-order valence-electron chi connectivity index (χ3n) is 2.64. The smallest absolute Gasteiger partial charge is 0.122 e. The predicted molar refractivity (Wildman–Crippen MR) is 61.1 cm³/mol. The van der Waals surface area contributed by atoms with Crippen molar-refractivity contribution in [2.75, 3.05) is 0 Å². The van der Waals surface area contributed by atoms with Crippen LogP contribution in [0.3, 0.4) is 0 Å². The SMILES string of the molecule is CCc1cc(O)cc(CC(N)CC)c1O. The summed E-state index contributed by atoms with van der Waals surface area (Å²) in [6.07, 6.45) is 2.16. The fourth-order valence-corrected chi connectivity index (χ4v) is 1.59. The Bertz CT molecular complexity index is 337. The van der Waals surface area contributed by atoms with Crippen LogP contribution in [0, 0.1) is 0 Å². The van der Waals surface area contributed by atoms with Gasteiger partial charge in [0.05, 0.1) is 0 Å². The number of phenols is 2. The van der Waals surface area contributed by atoms with Gasteiger partial charge in [0.15, 0.2) is 0 Å². The van der Waals surface area contributed by atoms with E-state index in [2.05, 4.69) is 0 Å². The van der Waals surface area contributed by atoms with Crippen molar-refractivity contribution in [1.82, 2.24) is 0 Å². The zero-order valence-electron chi connectivity index (χ0n) is 9.33. The lowest BCUT2D eigenvalue weighted by atomic mass is 9.99. The Morgan fingerprint density at radius 3 is 2.33 bits per heavy atom. The Labute approximate surface area is 90.5 Å². The second-order valence-electron chi connectivity index (χ2n) is 3.84. The van der Waals surface area contributed by atoms with E-state index in [1.54, 1.807) is 12.1 Å². The van der Waals surface area contributed by atoms with Gasteiger partial charge in [0.1, 0.15) is 11.5 Å². The molecule has 0 aliphatic heterocycles. The van der Waals surface area contributed by atoms with Gasteiger partial charge >= 0.3 is 0 Å². The molecule has 84 valence electrons. The summed E-state index contributed by atoms with van der Waals surface area (Å²) in [4.78, 5) is 0. The van der Waals surface area contributed by atoms with Gasteiger partial charge < -0.3 is 15.9 Å². The molecule has 3 nitrogen and oxygen atoms in total. The highest BCUT2D eigenvalue weighted by atomic mass is 16.3. The van der Waals surface area contributed by atoms with Gasteiger partial charge in [0.2, 0.25) is 0 Å². The average molecular weight is 209 g/mol. The first-order valence-corrected chi connectivity index (χ1v) is 5.37. The molecule has 0 amide bonds. The molecule has 0 aliphatic carbocycles. The molecule has 0 heterocycles. The largest absolute Gasteiger partial charge is 0.508 e. The predicted octanol–water partition coefficient (Wildman–Crippen LogP) is 1.94. The molecule has 1 atom stereocenters. The van der Waals surface area contributed by atoms with E-state index in [0.717, 1.165) is 17.5 Å². The molecular formula is C12H19NO2. The zero-order valence-corrected chi connectivity index (χ0v) is 9.33. The minimum atomic E-state index is 0.0300. The van der Waals surface area contributed by atoms with E-state index in [4.69, 9.17) is 5.73 Å². The summed E-state index contributed by atoms with van der Waals surface area (Å²) >= 11 is 0. The Morgan fingerprint density at radius 1 is 1.20 bits per heavy atom. The maximum Gasteiger partial charge on any atom is 0.122 e. The number of aryl methyl sites for hydroxylation is 1. The van der Waals surface area contributed by atoms with Crippen molar-refractivity contribution in [3.63, 3.8) is 0 Å². The molecule has 0 saturated heterocycles. The second kappa shape index (κ2) is 5.03. The van der Waals surface area contributed by atoms with Crippen LogP contribution < -0.4 is 5.73 Å². The molecule has 0 fully saturated rings. The molecule has 0 radical (unpaired) electrons.